The van der Waals surface area contributed by atoms with Gasteiger partial charge in [0.05, 0.1) is 12.8 Å². The predicted molar refractivity (Wildman–Crippen MR) is 151 cm³/mol. The standard InChI is InChI=1S/C28H35BrFNO4.C2H6/c1-19(25-15-24(11-12-26(25)32)35-23-5-3-2-4-6-23)27(29)28(33)21-7-9-22(10-8-21)34-14-13-31-17-20(16-30)18-31;1-2/h7-12,15,20,23,28,32-33H,2-6,13-14,16-18H2,1H3;1-2H3/b27-19+;. The molecule has 1 atom stereocenters. The number of likely N-dealkylation sites (tertiary alicyclic amines) is 1. The number of phenols is 1. The molecule has 1 saturated heterocycles. The zero-order chi connectivity index (χ0) is 26.8. The van der Waals surface area contributed by atoms with Crippen molar-refractivity contribution in [2.24, 2.45) is 5.92 Å². The third-order valence-corrected chi connectivity index (χ3v) is 7.98. The smallest absolute Gasteiger partial charge is 0.123 e. The van der Waals surface area contributed by atoms with Crippen molar-refractivity contribution in [1.29, 1.82) is 0 Å². The first-order chi connectivity index (χ1) is 17.9. The van der Waals surface area contributed by atoms with E-state index in [0.29, 0.717) is 22.2 Å². The number of aliphatic hydroxyl groups excluding tert-OH is 1. The predicted octanol–water partition coefficient (Wildman–Crippen LogP) is 7.27. The van der Waals surface area contributed by atoms with Gasteiger partial charge in [-0.2, -0.15) is 0 Å². The number of hydrogen-bond acceptors (Lipinski definition) is 5. The molecule has 1 unspecified atom stereocenters. The third kappa shape index (κ3) is 8.20. The van der Waals surface area contributed by atoms with Crippen molar-refractivity contribution in [3.05, 3.63) is 58.1 Å². The largest absolute Gasteiger partial charge is 0.507 e. The Balaban J connectivity index is 0.00000186. The molecule has 2 aromatic carbocycles. The Morgan fingerprint density at radius 3 is 2.35 bits per heavy atom. The van der Waals surface area contributed by atoms with E-state index in [0.717, 1.165) is 49.5 Å². The Hall–Kier alpha value is -2.09. The second-order valence-corrected chi connectivity index (χ2v) is 10.5. The molecule has 0 spiro atoms. The monoisotopic (exact) mass is 577 g/mol. The fraction of sp³-hybridized carbons (Fsp3) is 0.533. The lowest BCUT2D eigenvalue weighted by Gasteiger charge is -2.37. The molecule has 37 heavy (non-hydrogen) atoms. The Bertz CT molecular complexity index is 1000. The molecule has 7 heteroatoms. The van der Waals surface area contributed by atoms with Crippen LogP contribution in [0.5, 0.6) is 17.2 Å². The van der Waals surface area contributed by atoms with Crippen LogP contribution in [0.1, 0.15) is 70.1 Å². The molecule has 2 aliphatic rings. The summed E-state index contributed by atoms with van der Waals surface area (Å²) >= 11 is 3.56. The summed E-state index contributed by atoms with van der Waals surface area (Å²) in [4.78, 5) is 2.18. The topological polar surface area (TPSA) is 62.2 Å². The van der Waals surface area contributed by atoms with Crippen LogP contribution in [0, 0.1) is 5.92 Å². The fourth-order valence-corrected chi connectivity index (χ4v) is 5.22. The van der Waals surface area contributed by atoms with Gasteiger partial charge in [0.1, 0.15) is 30.0 Å². The van der Waals surface area contributed by atoms with Gasteiger partial charge in [-0.05, 0) is 74.1 Å². The summed E-state index contributed by atoms with van der Waals surface area (Å²) in [6.07, 6.45) is 5.10. The van der Waals surface area contributed by atoms with Gasteiger partial charge in [-0.3, -0.25) is 9.29 Å². The van der Waals surface area contributed by atoms with Crippen molar-refractivity contribution in [3.8, 4) is 17.2 Å². The molecule has 204 valence electrons. The zero-order valence-corrected chi connectivity index (χ0v) is 23.8. The van der Waals surface area contributed by atoms with Crippen molar-refractivity contribution in [3.63, 3.8) is 0 Å². The molecule has 2 aromatic rings. The lowest BCUT2D eigenvalue weighted by Crippen LogP contribution is -2.49. The average molecular weight is 579 g/mol. The number of nitrogens with zero attached hydrogens (tertiary/aromatic N) is 1. The normalized spacial score (nSPS) is 18.2. The molecular formula is C30H41BrFNO4. The lowest BCUT2D eigenvalue weighted by molar-refractivity contribution is 0.0668. The van der Waals surface area contributed by atoms with Gasteiger partial charge < -0.3 is 19.7 Å². The SMILES string of the molecule is C/C(=C(\Br)C(O)c1ccc(OCCN2CC(CF)C2)cc1)c1cc(OC2CCCCC2)ccc1O.CC. The molecule has 2 fully saturated rings. The summed E-state index contributed by atoms with van der Waals surface area (Å²) in [5, 5.41) is 21.5. The van der Waals surface area contributed by atoms with E-state index in [9.17, 15) is 14.6 Å². The average Bonchev–Trinajstić information content (AvgIpc) is 2.92. The van der Waals surface area contributed by atoms with E-state index in [4.69, 9.17) is 9.47 Å². The molecule has 1 aliphatic carbocycles. The Kier molecular flexibility index (Phi) is 11.7. The van der Waals surface area contributed by atoms with E-state index in [1.54, 1.807) is 12.1 Å². The van der Waals surface area contributed by atoms with E-state index in [-0.39, 0.29) is 24.4 Å². The molecular weight excluding hydrogens is 537 g/mol. The number of aromatic hydroxyl groups is 1. The Morgan fingerprint density at radius 1 is 1.05 bits per heavy atom. The first-order valence-corrected chi connectivity index (χ1v) is 14.3. The van der Waals surface area contributed by atoms with E-state index < -0.39 is 6.10 Å². The highest BCUT2D eigenvalue weighted by molar-refractivity contribution is 9.11. The maximum Gasteiger partial charge on any atom is 0.123 e. The molecule has 0 bridgehead atoms. The van der Waals surface area contributed by atoms with E-state index >= 15 is 0 Å². The molecule has 4 rings (SSSR count). The van der Waals surface area contributed by atoms with Gasteiger partial charge in [0, 0.05) is 35.6 Å². The summed E-state index contributed by atoms with van der Waals surface area (Å²) in [6.45, 7) is 8.55. The first kappa shape index (κ1) is 29.5. The summed E-state index contributed by atoms with van der Waals surface area (Å²) in [6, 6.07) is 12.6. The van der Waals surface area contributed by atoms with Crippen LogP contribution >= 0.6 is 15.9 Å². The van der Waals surface area contributed by atoms with Crippen molar-refractivity contribution in [2.75, 3.05) is 32.9 Å². The zero-order valence-electron chi connectivity index (χ0n) is 22.3. The van der Waals surface area contributed by atoms with Crippen molar-refractivity contribution < 1.29 is 24.1 Å². The van der Waals surface area contributed by atoms with Crippen LogP contribution in [-0.4, -0.2) is 54.1 Å². The van der Waals surface area contributed by atoms with Crippen LogP contribution in [0.2, 0.25) is 0 Å². The van der Waals surface area contributed by atoms with Crippen LogP contribution in [0.4, 0.5) is 4.39 Å². The second-order valence-electron chi connectivity index (χ2n) is 9.63. The summed E-state index contributed by atoms with van der Waals surface area (Å²) in [5.74, 6) is 1.79. The van der Waals surface area contributed by atoms with Gasteiger partial charge in [0.2, 0.25) is 0 Å². The van der Waals surface area contributed by atoms with Gasteiger partial charge in [0.25, 0.3) is 0 Å². The number of rotatable bonds is 10. The number of aliphatic hydroxyl groups is 1. The highest BCUT2D eigenvalue weighted by Crippen LogP contribution is 2.38. The minimum absolute atomic E-state index is 0.145. The number of halogens is 2. The minimum atomic E-state index is -0.884. The van der Waals surface area contributed by atoms with Crippen molar-refractivity contribution in [1.82, 2.24) is 4.90 Å². The van der Waals surface area contributed by atoms with Gasteiger partial charge in [-0.1, -0.05) is 48.3 Å². The molecule has 1 saturated carbocycles. The molecule has 0 aromatic heterocycles. The number of ether oxygens (including phenoxy) is 2. The maximum absolute atomic E-state index is 12.5. The Labute approximate surface area is 229 Å². The first-order valence-electron chi connectivity index (χ1n) is 13.5. The molecule has 5 nitrogen and oxygen atoms in total. The van der Waals surface area contributed by atoms with Crippen LogP contribution in [0.25, 0.3) is 5.57 Å². The van der Waals surface area contributed by atoms with E-state index in [2.05, 4.69) is 20.8 Å². The number of phenolic OH excluding ortho intramolecular Hbond substituents is 1. The molecule has 1 aliphatic heterocycles. The number of benzene rings is 2. The lowest BCUT2D eigenvalue weighted by atomic mass is 9.97. The van der Waals surface area contributed by atoms with Crippen LogP contribution in [0.15, 0.2) is 46.9 Å². The molecule has 2 N–H and O–H groups in total. The van der Waals surface area contributed by atoms with Crippen LogP contribution < -0.4 is 9.47 Å². The quantitative estimate of drug-likeness (QED) is 0.311. The van der Waals surface area contributed by atoms with Crippen LogP contribution in [-0.2, 0) is 0 Å². The van der Waals surface area contributed by atoms with Crippen LogP contribution in [0.3, 0.4) is 0 Å². The number of allylic oxidation sites excluding steroid dienone is 1. The van der Waals surface area contributed by atoms with Gasteiger partial charge in [0.15, 0.2) is 0 Å². The highest BCUT2D eigenvalue weighted by Gasteiger charge is 2.26. The number of hydrogen-bond donors (Lipinski definition) is 2. The fourth-order valence-electron chi connectivity index (χ4n) is 4.74. The molecule has 0 amide bonds. The second kappa shape index (κ2) is 14.7. The van der Waals surface area contributed by atoms with E-state index in [1.807, 2.05) is 51.1 Å². The number of alkyl halides is 1. The Morgan fingerprint density at radius 2 is 1.70 bits per heavy atom. The molecule has 1 heterocycles. The molecule has 0 radical (unpaired) electrons. The van der Waals surface area contributed by atoms with Gasteiger partial charge in [-0.25, -0.2) is 0 Å². The van der Waals surface area contributed by atoms with Crippen molar-refractivity contribution in [2.45, 2.75) is 65.1 Å². The summed E-state index contributed by atoms with van der Waals surface area (Å²) in [5.41, 5.74) is 2.09. The summed E-state index contributed by atoms with van der Waals surface area (Å²) < 4.78 is 25.1. The highest BCUT2D eigenvalue weighted by atomic mass is 79.9. The van der Waals surface area contributed by atoms with E-state index in [1.165, 1.54) is 19.3 Å². The van der Waals surface area contributed by atoms with Gasteiger partial charge >= 0.3 is 0 Å². The van der Waals surface area contributed by atoms with Gasteiger partial charge in [-0.15, -0.1) is 0 Å². The maximum atomic E-state index is 12.5. The third-order valence-electron chi connectivity index (χ3n) is 6.95. The van der Waals surface area contributed by atoms with Crippen molar-refractivity contribution >= 4 is 21.5 Å². The summed E-state index contributed by atoms with van der Waals surface area (Å²) in [7, 11) is 0. The minimum Gasteiger partial charge on any atom is -0.507 e.